The van der Waals surface area contributed by atoms with Crippen molar-refractivity contribution in [1.82, 2.24) is 89.7 Å². The summed E-state index contributed by atoms with van der Waals surface area (Å²) in [7, 11) is 0. The van der Waals surface area contributed by atoms with Gasteiger partial charge in [0.25, 0.3) is 0 Å². The van der Waals surface area contributed by atoms with E-state index in [9.17, 15) is 38.4 Å². The van der Waals surface area contributed by atoms with E-state index in [2.05, 4.69) is 94.7 Å². The van der Waals surface area contributed by atoms with Crippen molar-refractivity contribution in [2.24, 2.45) is 51.4 Å². The van der Waals surface area contributed by atoms with E-state index in [0.29, 0.717) is 83.8 Å². The number of guanidine groups is 1. The number of carbonyl (C=O) groups is 8. The third-order valence-corrected chi connectivity index (χ3v) is 17.0. The van der Waals surface area contributed by atoms with E-state index in [0.717, 1.165) is 45.8 Å². The quantitative estimate of drug-likeness (QED) is 0.0172. The minimum absolute atomic E-state index is 0.0170. The Morgan fingerprint density at radius 3 is 1.14 bits per heavy atom. The number of benzene rings is 2. The zero-order chi connectivity index (χ0) is 72.7. The van der Waals surface area contributed by atoms with Crippen LogP contribution in [0.25, 0.3) is 21.8 Å². The Morgan fingerprint density at radius 2 is 0.747 bits per heavy atom. The lowest BCUT2D eigenvalue weighted by atomic mass is 9.99. The summed E-state index contributed by atoms with van der Waals surface area (Å²) in [6.07, 6.45) is 10.9. The van der Waals surface area contributed by atoms with Crippen LogP contribution in [0.15, 0.2) is 65.9 Å². The summed E-state index contributed by atoms with van der Waals surface area (Å²) in [5.41, 5.74) is 32.8. The summed E-state index contributed by atoms with van der Waals surface area (Å²) in [5, 5.41) is 46.3. The van der Waals surface area contributed by atoms with Gasteiger partial charge in [-0.3, -0.25) is 9.79 Å². The molecule has 27 N–H and O–H groups in total. The Morgan fingerprint density at radius 1 is 0.394 bits per heavy atom. The fraction of sp³-hybridized carbons (Fsp3) is 0.632. The third kappa shape index (κ3) is 33.4. The number of nitrogens with one attached hydrogen (secondary N) is 17. The number of unbranched alkanes of at least 4 members (excludes halogenated alkanes) is 3. The van der Waals surface area contributed by atoms with Crippen LogP contribution in [0.2, 0.25) is 0 Å². The van der Waals surface area contributed by atoms with E-state index in [1.165, 1.54) is 0 Å². The van der Waals surface area contributed by atoms with Crippen molar-refractivity contribution in [3.63, 3.8) is 0 Å². The van der Waals surface area contributed by atoms with Gasteiger partial charge in [0.05, 0.1) is 36.8 Å². The smallest absolute Gasteiger partial charge is 0.315 e. The van der Waals surface area contributed by atoms with Gasteiger partial charge in [0.1, 0.15) is 0 Å². The van der Waals surface area contributed by atoms with Gasteiger partial charge in [-0.1, -0.05) is 97.2 Å². The van der Waals surface area contributed by atoms with Crippen LogP contribution in [0.1, 0.15) is 137 Å². The zero-order valence-corrected chi connectivity index (χ0v) is 59.6. The largest absolute Gasteiger partial charge is 0.370 e. The number of urea groups is 7. The van der Waals surface area contributed by atoms with Crippen molar-refractivity contribution in [3.8, 4) is 0 Å². The molecule has 0 bridgehead atoms. The Kier molecular flexibility index (Phi) is 38.0. The number of nitrogens with two attached hydrogens (primary N) is 5. The molecule has 99 heavy (non-hydrogen) atoms. The number of aromatic amines is 2. The SMILES string of the molecule is CC(C)NC(=O)N[C@H](CNC(=O)N[C@@H](CCCCN)CNC(=O)N[C@H](CNC(=O)N[C@H](CNC(=O)N[C@@H](CCCCN)CNC(=O)N[C@H](CNC(=O)N[C@@H](CCCCN)CN=C(N)N[C@H](CCC(N)=O)C(C)C)Cc1c[nH]c2ccccc12)C(C)C)Cc1c[nH]c2ccccc12)C(C)C. The van der Waals surface area contributed by atoms with E-state index in [4.69, 9.17) is 28.7 Å². The minimum Gasteiger partial charge on any atom is -0.370 e. The van der Waals surface area contributed by atoms with Crippen LogP contribution in [0, 0.1) is 17.8 Å². The number of amides is 15. The maximum Gasteiger partial charge on any atom is 0.315 e. The van der Waals surface area contributed by atoms with Gasteiger partial charge in [0, 0.05) is 104 Å². The standard InChI is InChI=1S/C68H119N23O8/c1-42(2)55(26-27-60(72)92)89-61(73)76-35-48(19-13-16-28-69)84-62(93)79-38-51(31-46-33-74-56-24-11-9-22-53(46)56)87-63(94)77-36-49(20-14-17-29-70)85-65(96)81-40-58(43(3)4)90-67(98)80-39-52(32-47-34-75-57-25-12-10-23-54(47)57)88-64(95)78-37-50(21-15-18-30-71)86-66(97)82-41-59(44(5)6)91-68(99)83-45(7)8/h9-12,22-25,33-34,42-45,48-52,55,58-59,74-75H,13-21,26-32,35-41,69-71H2,1-8H3,(H2,72,92)(H3,73,76,89)(H2,77,87,94)(H2,78,88,95)(H2,79,84,93)(H2,80,90,98)(H2,81,85,96)(H2,82,86,97)(H2,83,91,99)/t48-,49-,50-,51-,52-,55+,58+,59+/m0/s1. The first-order valence-electron chi connectivity index (χ1n) is 35.2. The van der Waals surface area contributed by atoms with Crippen LogP contribution < -0.4 is 108 Å². The van der Waals surface area contributed by atoms with Crippen LogP contribution in [-0.2, 0) is 17.6 Å². The van der Waals surface area contributed by atoms with E-state index in [1.807, 2.05) is 116 Å². The predicted molar refractivity (Wildman–Crippen MR) is 392 cm³/mol. The predicted octanol–water partition coefficient (Wildman–Crippen LogP) is 3.41. The highest BCUT2D eigenvalue weighted by atomic mass is 16.2. The number of fused-ring (bicyclic) bond motifs is 2. The molecule has 0 unspecified atom stereocenters. The first-order chi connectivity index (χ1) is 47.4. The number of aromatic nitrogens is 2. The third-order valence-electron chi connectivity index (χ3n) is 17.0. The second-order valence-corrected chi connectivity index (χ2v) is 26.8. The second kappa shape index (κ2) is 45.6. The van der Waals surface area contributed by atoms with E-state index in [1.54, 1.807) is 0 Å². The average Bonchev–Trinajstić information content (AvgIpc) is 1.73. The normalized spacial score (nSPS) is 14.0. The molecule has 8 atom stereocenters. The van der Waals surface area contributed by atoms with E-state index in [-0.39, 0.29) is 100 Å². The number of aliphatic imine (C=N–C) groups is 1. The topological polar surface area (TPSA) is 491 Å². The van der Waals surface area contributed by atoms with Crippen LogP contribution >= 0.6 is 0 Å². The molecule has 0 saturated carbocycles. The monoisotopic (exact) mass is 1390 g/mol. The van der Waals surface area contributed by atoms with Crippen molar-refractivity contribution < 1.29 is 38.4 Å². The van der Waals surface area contributed by atoms with Crippen LogP contribution in [0.3, 0.4) is 0 Å². The van der Waals surface area contributed by atoms with Crippen molar-refractivity contribution in [3.05, 3.63) is 72.1 Å². The molecule has 0 spiro atoms. The number of primary amides is 1. The van der Waals surface area contributed by atoms with Crippen LogP contribution in [0.4, 0.5) is 33.6 Å². The van der Waals surface area contributed by atoms with Gasteiger partial charge in [-0.05, 0) is 132 Å². The molecular weight excluding hydrogens is 1270 g/mol. The Balaban J connectivity index is 1.38. The van der Waals surface area contributed by atoms with Crippen molar-refractivity contribution in [1.29, 1.82) is 0 Å². The molecule has 2 aromatic heterocycles. The maximum absolute atomic E-state index is 13.9. The molecule has 0 aliphatic carbocycles. The van der Waals surface area contributed by atoms with Gasteiger partial charge < -0.3 is 118 Å². The molecule has 0 aliphatic rings. The average molecular weight is 1390 g/mol. The second-order valence-electron chi connectivity index (χ2n) is 26.8. The Labute approximate surface area is 583 Å². The molecule has 15 amide bonds. The summed E-state index contributed by atoms with van der Waals surface area (Å²) in [6, 6.07) is 8.52. The van der Waals surface area contributed by atoms with Crippen molar-refractivity contribution in [2.75, 3.05) is 65.4 Å². The molecule has 554 valence electrons. The molecule has 31 heteroatoms. The molecule has 2 heterocycles. The number of nitrogens with zero attached hydrogens (tertiary/aromatic N) is 1. The molecule has 4 rings (SSSR count). The number of H-pyrrole nitrogens is 2. The van der Waals surface area contributed by atoms with E-state index >= 15 is 0 Å². The van der Waals surface area contributed by atoms with E-state index < -0.39 is 78.3 Å². The Hall–Kier alpha value is -8.97. The fourth-order valence-electron chi connectivity index (χ4n) is 11.1. The van der Waals surface area contributed by atoms with Gasteiger partial charge in [0.15, 0.2) is 5.96 Å². The van der Waals surface area contributed by atoms with Gasteiger partial charge in [0.2, 0.25) is 5.91 Å². The van der Waals surface area contributed by atoms with Gasteiger partial charge in [-0.2, -0.15) is 0 Å². The lowest BCUT2D eigenvalue weighted by molar-refractivity contribution is -0.118. The molecule has 0 radical (unpaired) electrons. The summed E-state index contributed by atoms with van der Waals surface area (Å²) >= 11 is 0. The van der Waals surface area contributed by atoms with Crippen molar-refractivity contribution in [2.45, 2.75) is 193 Å². The molecule has 0 saturated heterocycles. The summed E-state index contributed by atoms with van der Waals surface area (Å²) in [6.45, 7) is 17.4. The van der Waals surface area contributed by atoms with Gasteiger partial charge in [-0.25, -0.2) is 33.6 Å². The minimum atomic E-state index is -0.611. The molecule has 0 fully saturated rings. The number of rotatable bonds is 45. The van der Waals surface area contributed by atoms with Gasteiger partial charge >= 0.3 is 42.2 Å². The molecular formula is C68H119N23O8. The van der Waals surface area contributed by atoms with Crippen molar-refractivity contribution >= 4 is 75.9 Å². The van der Waals surface area contributed by atoms with Crippen LogP contribution in [0.5, 0.6) is 0 Å². The highest BCUT2D eigenvalue weighted by molar-refractivity contribution is 5.85. The molecule has 31 nitrogen and oxygen atoms in total. The lowest BCUT2D eigenvalue weighted by Gasteiger charge is -2.26. The summed E-state index contributed by atoms with van der Waals surface area (Å²) in [4.78, 5) is 117. The fourth-order valence-corrected chi connectivity index (χ4v) is 11.1. The van der Waals surface area contributed by atoms with Gasteiger partial charge in [-0.15, -0.1) is 0 Å². The number of hydrogen-bond donors (Lipinski definition) is 22. The molecule has 0 aliphatic heterocycles. The first-order valence-corrected chi connectivity index (χ1v) is 35.2. The summed E-state index contributed by atoms with van der Waals surface area (Å²) < 4.78 is 0. The van der Waals surface area contributed by atoms with Crippen LogP contribution in [-0.4, -0.2) is 184 Å². The number of hydrogen-bond acceptors (Lipinski definition) is 12. The first kappa shape index (κ1) is 82.5. The lowest BCUT2D eigenvalue weighted by Crippen LogP contribution is -2.56. The Bertz CT molecular complexity index is 3100. The summed E-state index contributed by atoms with van der Waals surface area (Å²) in [5.74, 6) is -0.203. The highest BCUT2D eigenvalue weighted by Gasteiger charge is 2.26. The highest BCUT2D eigenvalue weighted by Crippen LogP contribution is 2.21. The molecule has 4 aromatic rings. The number of carbonyl (C=O) groups excluding carboxylic acids is 8. The number of para-hydroxylation sites is 2. The maximum atomic E-state index is 13.9. The zero-order valence-electron chi connectivity index (χ0n) is 59.6. The molecule has 2 aromatic carbocycles.